The number of nitrogens with one attached hydrogen (secondary N) is 1. The average Bonchev–Trinajstić information content (AvgIpc) is 3.39. The maximum Gasteiger partial charge on any atom is 0.320 e. The second-order valence-electron chi connectivity index (χ2n) is 9.39. The number of methoxy groups -OCH3 is 1. The smallest absolute Gasteiger partial charge is 0.320 e. The lowest BCUT2D eigenvalue weighted by atomic mass is 9.94. The van der Waals surface area contributed by atoms with Crippen LogP contribution in [0.15, 0.2) is 60.7 Å². The van der Waals surface area contributed by atoms with Crippen molar-refractivity contribution in [3.8, 4) is 22.6 Å². The minimum Gasteiger partial charge on any atom is -0.508 e. The molecule has 5 N–H and O–H groups in total. The second-order valence-corrected chi connectivity index (χ2v) is 9.39. The Morgan fingerprint density at radius 3 is 2.47 bits per heavy atom. The van der Waals surface area contributed by atoms with Gasteiger partial charge in [0.25, 0.3) is 0 Å². The Kier molecular flexibility index (Phi) is 8.46. The number of aliphatic carboxylic acids is 1. The molecular weight excluding hydrogens is 454 g/mol. The van der Waals surface area contributed by atoms with Crippen molar-refractivity contribution >= 4 is 11.7 Å². The summed E-state index contributed by atoms with van der Waals surface area (Å²) in [5, 5.41) is 22.3. The van der Waals surface area contributed by atoms with Gasteiger partial charge in [-0.2, -0.15) is 0 Å². The summed E-state index contributed by atoms with van der Waals surface area (Å²) in [6, 6.07) is 19.0. The van der Waals surface area contributed by atoms with Crippen LogP contribution in [0, 0.1) is 0 Å². The molecule has 0 aromatic heterocycles. The molecule has 1 heterocycles. The SMILES string of the molecule is COc1cc(Cc2ccc(O)cc2-c2ccc(NCCC(N)C(=O)O)cc2)ccc1CN1CCCC1. The molecule has 4 rings (SSSR count). The summed E-state index contributed by atoms with van der Waals surface area (Å²) in [7, 11) is 1.73. The van der Waals surface area contributed by atoms with Crippen LogP contribution >= 0.6 is 0 Å². The van der Waals surface area contributed by atoms with Crippen molar-refractivity contribution < 1.29 is 19.7 Å². The van der Waals surface area contributed by atoms with E-state index < -0.39 is 12.0 Å². The zero-order valence-corrected chi connectivity index (χ0v) is 20.7. The van der Waals surface area contributed by atoms with Crippen LogP contribution in [0.2, 0.25) is 0 Å². The molecule has 7 nitrogen and oxygen atoms in total. The van der Waals surface area contributed by atoms with Crippen molar-refractivity contribution in [1.82, 2.24) is 4.90 Å². The summed E-state index contributed by atoms with van der Waals surface area (Å²) in [4.78, 5) is 13.3. The largest absolute Gasteiger partial charge is 0.508 e. The number of carbonyl (C=O) groups is 1. The van der Waals surface area contributed by atoms with Gasteiger partial charge in [0.15, 0.2) is 0 Å². The number of hydrogen-bond acceptors (Lipinski definition) is 6. The predicted molar refractivity (Wildman–Crippen MR) is 143 cm³/mol. The molecule has 1 atom stereocenters. The molecule has 1 aliphatic rings. The van der Waals surface area contributed by atoms with E-state index in [1.54, 1.807) is 19.2 Å². The molecule has 3 aromatic rings. The minimum absolute atomic E-state index is 0.220. The van der Waals surface area contributed by atoms with Gasteiger partial charge in [-0.25, -0.2) is 0 Å². The van der Waals surface area contributed by atoms with E-state index in [0.29, 0.717) is 19.4 Å². The van der Waals surface area contributed by atoms with E-state index in [-0.39, 0.29) is 5.75 Å². The van der Waals surface area contributed by atoms with Gasteiger partial charge in [0.05, 0.1) is 7.11 Å². The van der Waals surface area contributed by atoms with Crippen LogP contribution < -0.4 is 15.8 Å². The highest BCUT2D eigenvalue weighted by Gasteiger charge is 2.15. The van der Waals surface area contributed by atoms with Crippen LogP contribution in [0.25, 0.3) is 11.1 Å². The molecule has 0 saturated carbocycles. The van der Waals surface area contributed by atoms with E-state index in [9.17, 15) is 9.90 Å². The van der Waals surface area contributed by atoms with Crippen LogP contribution in [-0.4, -0.2) is 53.9 Å². The number of nitrogens with zero attached hydrogens (tertiary/aromatic N) is 1. The number of rotatable bonds is 11. The first kappa shape index (κ1) is 25.5. The molecule has 190 valence electrons. The highest BCUT2D eigenvalue weighted by molar-refractivity contribution is 5.73. The van der Waals surface area contributed by atoms with Gasteiger partial charge in [0, 0.05) is 24.3 Å². The molecule has 0 aliphatic carbocycles. The minimum atomic E-state index is -0.998. The van der Waals surface area contributed by atoms with E-state index in [2.05, 4.69) is 28.4 Å². The number of nitrogens with two attached hydrogens (primary N) is 1. The first-order chi connectivity index (χ1) is 17.4. The van der Waals surface area contributed by atoms with Gasteiger partial charge in [-0.05, 0) is 91.4 Å². The number of phenolic OH excluding ortho intramolecular Hbond substituents is 1. The van der Waals surface area contributed by atoms with E-state index >= 15 is 0 Å². The van der Waals surface area contributed by atoms with Gasteiger partial charge in [-0.3, -0.25) is 9.69 Å². The van der Waals surface area contributed by atoms with E-state index in [0.717, 1.165) is 53.3 Å². The lowest BCUT2D eigenvalue weighted by Crippen LogP contribution is -2.32. The summed E-state index contributed by atoms with van der Waals surface area (Å²) in [6.07, 6.45) is 3.58. The highest BCUT2D eigenvalue weighted by Crippen LogP contribution is 2.32. The first-order valence-electron chi connectivity index (χ1n) is 12.5. The Bertz CT molecular complexity index is 1170. The number of phenols is 1. The molecule has 0 radical (unpaired) electrons. The second kappa shape index (κ2) is 11.9. The molecule has 7 heteroatoms. The molecule has 0 bridgehead atoms. The summed E-state index contributed by atoms with van der Waals surface area (Å²) in [6.45, 7) is 3.67. The fourth-order valence-electron chi connectivity index (χ4n) is 4.68. The Morgan fingerprint density at radius 1 is 1.06 bits per heavy atom. The molecular formula is C29H35N3O4. The summed E-state index contributed by atoms with van der Waals surface area (Å²) in [5.74, 6) is 0.136. The van der Waals surface area contributed by atoms with Crippen LogP contribution in [0.1, 0.15) is 36.0 Å². The molecule has 1 fully saturated rings. The zero-order valence-electron chi connectivity index (χ0n) is 20.7. The van der Waals surface area contributed by atoms with Gasteiger partial charge < -0.3 is 26.0 Å². The average molecular weight is 490 g/mol. The maximum absolute atomic E-state index is 10.9. The third-order valence-corrected chi connectivity index (χ3v) is 6.73. The van der Waals surface area contributed by atoms with Crippen LogP contribution in [0.4, 0.5) is 5.69 Å². The Labute approximate surface area is 212 Å². The number of benzene rings is 3. The fraction of sp³-hybridized carbons (Fsp3) is 0.345. The standard InChI is InChI=1S/C29H35N3O4/c1-36-28-17-20(4-5-23(28)19-32-14-2-3-15-32)16-22-8-11-25(33)18-26(22)21-6-9-24(10-7-21)31-13-12-27(30)29(34)35/h4-11,17-18,27,31,33H,2-3,12-16,19,30H2,1H3,(H,34,35). The van der Waals surface area contributed by atoms with E-state index in [1.807, 2.05) is 30.3 Å². The maximum atomic E-state index is 10.9. The Hall–Kier alpha value is -3.55. The topological polar surface area (TPSA) is 108 Å². The van der Waals surface area contributed by atoms with Gasteiger partial charge >= 0.3 is 5.97 Å². The number of ether oxygens (including phenoxy) is 1. The normalized spacial score (nSPS) is 14.5. The van der Waals surface area contributed by atoms with Crippen molar-refractivity contribution in [2.75, 3.05) is 32.1 Å². The van der Waals surface area contributed by atoms with E-state index in [4.69, 9.17) is 15.6 Å². The lowest BCUT2D eigenvalue weighted by Gasteiger charge is -2.18. The molecule has 1 aliphatic heterocycles. The van der Waals surface area contributed by atoms with Crippen molar-refractivity contribution in [2.45, 2.75) is 38.3 Å². The van der Waals surface area contributed by atoms with Gasteiger partial charge in [-0.1, -0.05) is 30.3 Å². The van der Waals surface area contributed by atoms with Crippen LogP contribution in [0.3, 0.4) is 0 Å². The van der Waals surface area contributed by atoms with Crippen LogP contribution in [0.5, 0.6) is 11.5 Å². The molecule has 36 heavy (non-hydrogen) atoms. The molecule has 3 aromatic carbocycles. The molecule has 0 spiro atoms. The number of carboxylic acid groups (broad SMARTS) is 1. The number of carboxylic acids is 1. The lowest BCUT2D eigenvalue weighted by molar-refractivity contribution is -0.138. The summed E-state index contributed by atoms with van der Waals surface area (Å²) < 4.78 is 5.73. The van der Waals surface area contributed by atoms with Crippen molar-refractivity contribution in [3.63, 3.8) is 0 Å². The van der Waals surface area contributed by atoms with E-state index in [1.165, 1.54) is 18.4 Å². The highest BCUT2D eigenvalue weighted by atomic mass is 16.5. The van der Waals surface area contributed by atoms with Crippen molar-refractivity contribution in [1.29, 1.82) is 0 Å². The van der Waals surface area contributed by atoms with Gasteiger partial charge in [0.1, 0.15) is 17.5 Å². The summed E-state index contributed by atoms with van der Waals surface area (Å²) >= 11 is 0. The monoisotopic (exact) mass is 489 g/mol. The van der Waals surface area contributed by atoms with Crippen molar-refractivity contribution in [3.05, 3.63) is 77.4 Å². The zero-order chi connectivity index (χ0) is 25.5. The van der Waals surface area contributed by atoms with Gasteiger partial charge in [0.2, 0.25) is 0 Å². The fourth-order valence-corrected chi connectivity index (χ4v) is 4.68. The third-order valence-electron chi connectivity index (χ3n) is 6.73. The number of likely N-dealkylation sites (tertiary alicyclic amines) is 1. The quantitative estimate of drug-likeness (QED) is 0.315. The van der Waals surface area contributed by atoms with Crippen LogP contribution in [-0.2, 0) is 17.8 Å². The number of anilines is 1. The molecule has 0 amide bonds. The first-order valence-corrected chi connectivity index (χ1v) is 12.5. The molecule has 1 saturated heterocycles. The molecule has 1 unspecified atom stereocenters. The number of hydrogen-bond donors (Lipinski definition) is 4. The predicted octanol–water partition coefficient (Wildman–Crippen LogP) is 4.47. The number of aromatic hydroxyl groups is 1. The Morgan fingerprint density at radius 2 is 1.78 bits per heavy atom. The van der Waals surface area contributed by atoms with Crippen molar-refractivity contribution in [2.24, 2.45) is 5.73 Å². The Balaban J connectivity index is 1.48. The third kappa shape index (κ3) is 6.56. The van der Waals surface area contributed by atoms with Gasteiger partial charge in [-0.15, -0.1) is 0 Å². The summed E-state index contributed by atoms with van der Waals surface area (Å²) in [5.41, 5.74) is 11.9.